The number of halogens is 2. The molecule has 1 radical (unpaired) electrons. The van der Waals surface area contributed by atoms with Crippen LogP contribution in [0.25, 0.3) is 0 Å². The second kappa shape index (κ2) is 2.08. The van der Waals surface area contributed by atoms with Crippen LogP contribution in [0.5, 0.6) is 0 Å². The van der Waals surface area contributed by atoms with E-state index in [0.717, 1.165) is 4.90 Å². The lowest BCUT2D eigenvalue weighted by atomic mass is 10.9. The van der Waals surface area contributed by atoms with Crippen molar-refractivity contribution >= 4 is 0 Å². The van der Waals surface area contributed by atoms with Gasteiger partial charge in [0, 0.05) is 0 Å². The average molecular weight is 94.1 g/mol. The highest BCUT2D eigenvalue weighted by Crippen LogP contribution is 2.02. The summed E-state index contributed by atoms with van der Waals surface area (Å²) in [5.74, 6) is 0. The van der Waals surface area contributed by atoms with E-state index in [1.165, 1.54) is 14.1 Å². The monoisotopic (exact) mass is 94.0 g/mol. The van der Waals surface area contributed by atoms with Crippen molar-refractivity contribution < 1.29 is 8.78 Å². The van der Waals surface area contributed by atoms with Crippen LogP contribution in [-0.4, -0.2) is 19.0 Å². The van der Waals surface area contributed by atoms with Crippen LogP contribution in [0.1, 0.15) is 0 Å². The topological polar surface area (TPSA) is 3.24 Å². The molecule has 3 heteroatoms. The molecule has 0 saturated carbocycles. The zero-order chi connectivity index (χ0) is 5.15. The van der Waals surface area contributed by atoms with Gasteiger partial charge in [-0.2, -0.15) is 8.78 Å². The molecular weight excluding hydrogens is 88.0 g/mol. The Bertz CT molecular complexity index is 29.8. The van der Waals surface area contributed by atoms with Gasteiger partial charge in [-0.25, -0.2) is 4.90 Å². The second-order valence-corrected chi connectivity index (χ2v) is 1.13. The largest absolute Gasteiger partial charge is 0.381 e. The third kappa shape index (κ3) is 2.08. The Balaban J connectivity index is 2.99. The summed E-state index contributed by atoms with van der Waals surface area (Å²) in [4.78, 5) is 0.750. The predicted octanol–water partition coefficient (Wildman–Crippen LogP) is 0.934. The van der Waals surface area contributed by atoms with Crippen molar-refractivity contribution in [2.45, 2.75) is 0 Å². The Morgan fingerprint density at radius 3 is 1.50 bits per heavy atom. The van der Waals surface area contributed by atoms with Gasteiger partial charge in [-0.1, -0.05) is 0 Å². The van der Waals surface area contributed by atoms with E-state index >= 15 is 0 Å². The molecule has 0 heterocycles. The number of rotatable bonds is 1. The molecule has 0 spiro atoms. The number of nitrogens with zero attached hydrogens (tertiary/aromatic N) is 1. The predicted molar refractivity (Wildman–Crippen MR) is 19.1 cm³/mol. The molecule has 37 valence electrons. The van der Waals surface area contributed by atoms with Crippen LogP contribution < -0.4 is 0 Å². The number of hydrogen-bond donors (Lipinski definition) is 0. The van der Waals surface area contributed by atoms with Gasteiger partial charge in [-0.15, -0.1) is 0 Å². The van der Waals surface area contributed by atoms with Crippen LogP contribution in [0.4, 0.5) is 8.78 Å². The second-order valence-electron chi connectivity index (χ2n) is 1.13. The van der Waals surface area contributed by atoms with Gasteiger partial charge in [0.15, 0.2) is 0 Å². The fourth-order valence-corrected chi connectivity index (χ4v) is 0. The van der Waals surface area contributed by atoms with Crippen LogP contribution in [0.2, 0.25) is 0 Å². The lowest BCUT2D eigenvalue weighted by Gasteiger charge is -2.01. The Kier molecular flexibility index (Phi) is 2.01. The molecule has 0 aliphatic carbocycles. The maximum Gasteiger partial charge on any atom is 0.381 e. The Morgan fingerprint density at radius 2 is 1.50 bits per heavy atom. The van der Waals surface area contributed by atoms with Crippen LogP contribution in [-0.2, 0) is 0 Å². The molecule has 0 aliphatic rings. The normalized spacial score (nSPS) is 11.0. The molecular formula is C3H6F2N. The lowest BCUT2D eigenvalue weighted by Crippen LogP contribution is -2.10. The molecule has 0 aromatic carbocycles. The standard InChI is InChI=1S/C3H6F2N/c1-6(2)3(4)5/h1-2H3. The van der Waals surface area contributed by atoms with Gasteiger partial charge in [0.25, 0.3) is 0 Å². The van der Waals surface area contributed by atoms with Gasteiger partial charge in [0.05, 0.1) is 0 Å². The summed E-state index contributed by atoms with van der Waals surface area (Å²) in [5.41, 5.74) is 0. The van der Waals surface area contributed by atoms with Gasteiger partial charge < -0.3 is 0 Å². The summed E-state index contributed by atoms with van der Waals surface area (Å²) < 4.78 is 22.0. The smallest absolute Gasteiger partial charge is 0.244 e. The van der Waals surface area contributed by atoms with E-state index in [1.54, 1.807) is 0 Å². The summed E-state index contributed by atoms with van der Waals surface area (Å²) in [6.45, 7) is -1.66. The quantitative estimate of drug-likeness (QED) is 0.437. The minimum Gasteiger partial charge on any atom is -0.244 e. The minimum absolute atomic E-state index is 0.750. The zero-order valence-corrected chi connectivity index (χ0v) is 3.70. The van der Waals surface area contributed by atoms with Gasteiger partial charge >= 0.3 is 6.55 Å². The molecule has 0 saturated heterocycles. The first kappa shape index (κ1) is 5.82. The van der Waals surface area contributed by atoms with Crippen LogP contribution in [0, 0.1) is 6.55 Å². The first-order valence-corrected chi connectivity index (χ1v) is 1.50. The zero-order valence-electron chi connectivity index (χ0n) is 3.70. The SMILES string of the molecule is CN(C)[C](F)F. The van der Waals surface area contributed by atoms with Crippen LogP contribution in [0.3, 0.4) is 0 Å². The van der Waals surface area contributed by atoms with E-state index < -0.39 is 6.55 Å². The maximum absolute atomic E-state index is 11.0. The summed E-state index contributed by atoms with van der Waals surface area (Å²) in [7, 11) is 2.57. The van der Waals surface area contributed by atoms with Crippen LogP contribution >= 0.6 is 0 Å². The van der Waals surface area contributed by atoms with Crippen molar-refractivity contribution in [3.8, 4) is 0 Å². The highest BCUT2D eigenvalue weighted by Gasteiger charge is 2.05. The van der Waals surface area contributed by atoms with Crippen molar-refractivity contribution in [3.63, 3.8) is 0 Å². The third-order valence-electron chi connectivity index (χ3n) is 0.338. The first-order chi connectivity index (χ1) is 2.64. The number of hydrogen-bond acceptors (Lipinski definition) is 1. The highest BCUT2D eigenvalue weighted by molar-refractivity contribution is 4.50. The molecule has 0 aromatic heterocycles. The van der Waals surface area contributed by atoms with E-state index in [4.69, 9.17) is 0 Å². The maximum atomic E-state index is 11.0. The van der Waals surface area contributed by atoms with E-state index in [1.807, 2.05) is 0 Å². The Hall–Kier alpha value is -0.180. The minimum atomic E-state index is -1.66. The molecule has 0 N–H and O–H groups in total. The van der Waals surface area contributed by atoms with Crippen LogP contribution in [0.15, 0.2) is 0 Å². The highest BCUT2D eigenvalue weighted by atomic mass is 19.3. The van der Waals surface area contributed by atoms with Crippen molar-refractivity contribution in [1.29, 1.82) is 0 Å². The molecule has 0 rings (SSSR count). The van der Waals surface area contributed by atoms with E-state index in [0.29, 0.717) is 0 Å². The molecule has 1 nitrogen and oxygen atoms in total. The van der Waals surface area contributed by atoms with Gasteiger partial charge in [0.2, 0.25) is 0 Å². The molecule has 6 heavy (non-hydrogen) atoms. The van der Waals surface area contributed by atoms with Gasteiger partial charge in [-0.3, -0.25) is 0 Å². The summed E-state index contributed by atoms with van der Waals surface area (Å²) >= 11 is 0. The van der Waals surface area contributed by atoms with E-state index in [2.05, 4.69) is 0 Å². The molecule has 0 amide bonds. The lowest BCUT2D eigenvalue weighted by molar-refractivity contribution is 0.134. The van der Waals surface area contributed by atoms with Crippen molar-refractivity contribution in [2.75, 3.05) is 14.1 Å². The van der Waals surface area contributed by atoms with E-state index in [9.17, 15) is 8.78 Å². The molecule has 0 bridgehead atoms. The molecule has 0 aromatic rings. The molecule has 0 atom stereocenters. The van der Waals surface area contributed by atoms with Crippen molar-refractivity contribution in [2.24, 2.45) is 0 Å². The summed E-state index contributed by atoms with van der Waals surface area (Å²) in [6, 6.07) is 0. The average Bonchev–Trinajstić information content (AvgIpc) is 1.36. The fraction of sp³-hybridized carbons (Fsp3) is 0.667. The van der Waals surface area contributed by atoms with Gasteiger partial charge in [0.1, 0.15) is 0 Å². The van der Waals surface area contributed by atoms with Crippen molar-refractivity contribution in [3.05, 3.63) is 6.55 Å². The Morgan fingerprint density at radius 1 is 1.33 bits per heavy atom. The van der Waals surface area contributed by atoms with E-state index in [-0.39, 0.29) is 0 Å². The fourth-order valence-electron chi connectivity index (χ4n) is 0. The first-order valence-electron chi connectivity index (χ1n) is 1.50. The molecule has 0 aliphatic heterocycles. The molecule has 0 unspecified atom stereocenters. The summed E-state index contributed by atoms with van der Waals surface area (Å²) in [6.07, 6.45) is 0. The Labute approximate surface area is 35.6 Å². The summed E-state index contributed by atoms with van der Waals surface area (Å²) in [5, 5.41) is 0. The van der Waals surface area contributed by atoms with Crippen molar-refractivity contribution in [1.82, 2.24) is 4.90 Å². The molecule has 0 fully saturated rings. The van der Waals surface area contributed by atoms with Gasteiger partial charge in [-0.05, 0) is 14.1 Å². The third-order valence-corrected chi connectivity index (χ3v) is 0.338.